The molecule has 0 bridgehead atoms. The van der Waals surface area contributed by atoms with Crippen molar-refractivity contribution < 1.29 is 23.5 Å². The second-order valence-corrected chi connectivity index (χ2v) is 9.19. The van der Waals surface area contributed by atoms with Crippen LogP contribution in [0.25, 0.3) is 0 Å². The van der Waals surface area contributed by atoms with Gasteiger partial charge in [-0.2, -0.15) is 0 Å². The summed E-state index contributed by atoms with van der Waals surface area (Å²) in [4.78, 5) is 43.9. The highest BCUT2D eigenvalue weighted by molar-refractivity contribution is 8.15. The monoisotopic (exact) mass is 505 g/mol. The summed E-state index contributed by atoms with van der Waals surface area (Å²) in [5.41, 5.74) is 2.41. The molecule has 1 saturated heterocycles. The average Bonchev–Trinajstić information content (AvgIpc) is 2.90. The molecule has 1 N–H and O–H groups in total. The lowest BCUT2D eigenvalue weighted by atomic mass is 10.1. The number of carbonyl (C=O) groups excluding carboxylic acids is 3. The number of amides is 2. The van der Waals surface area contributed by atoms with Crippen LogP contribution in [0.4, 0.5) is 15.8 Å². The molecule has 1 fully saturated rings. The third-order valence-electron chi connectivity index (χ3n) is 5.52. The van der Waals surface area contributed by atoms with Crippen LogP contribution in [0.2, 0.25) is 0 Å². The number of aliphatic imine (C=N–C) groups is 1. The second kappa shape index (κ2) is 11.6. The normalized spacial score (nSPS) is 16.6. The molecule has 0 saturated carbocycles. The third-order valence-corrected chi connectivity index (χ3v) is 6.71. The van der Waals surface area contributed by atoms with Gasteiger partial charge in [0.25, 0.3) is 0 Å². The molecule has 1 aliphatic rings. The van der Waals surface area contributed by atoms with Crippen LogP contribution in [0.5, 0.6) is 0 Å². The van der Waals surface area contributed by atoms with Crippen molar-refractivity contribution in [1.29, 1.82) is 0 Å². The number of rotatable bonds is 7. The smallest absolute Gasteiger partial charge is 0.337 e. The third kappa shape index (κ3) is 6.37. The van der Waals surface area contributed by atoms with Crippen LogP contribution in [0.3, 0.4) is 0 Å². The number of nitrogens with zero attached hydrogens (tertiary/aromatic N) is 2. The van der Waals surface area contributed by atoms with Crippen molar-refractivity contribution in [3.63, 3.8) is 0 Å². The molecule has 0 aromatic heterocycles. The number of carbonyl (C=O) groups is 3. The summed E-state index contributed by atoms with van der Waals surface area (Å²) in [6.45, 7) is 0.402. The molecule has 0 spiro atoms. The Labute approximate surface area is 212 Å². The molecule has 3 aromatic carbocycles. The van der Waals surface area contributed by atoms with Crippen molar-refractivity contribution in [1.82, 2.24) is 4.90 Å². The van der Waals surface area contributed by atoms with Crippen molar-refractivity contribution in [2.45, 2.75) is 18.1 Å². The number of anilines is 1. The van der Waals surface area contributed by atoms with E-state index in [0.717, 1.165) is 5.56 Å². The Morgan fingerprint density at radius 1 is 1.06 bits per heavy atom. The second-order valence-electron chi connectivity index (χ2n) is 8.02. The predicted molar refractivity (Wildman–Crippen MR) is 138 cm³/mol. The number of hydrogen-bond acceptors (Lipinski definition) is 6. The molecular weight excluding hydrogens is 481 g/mol. The number of nitrogens with one attached hydrogen (secondary N) is 1. The molecule has 9 heteroatoms. The first kappa shape index (κ1) is 25.1. The fourth-order valence-corrected chi connectivity index (χ4v) is 4.73. The van der Waals surface area contributed by atoms with E-state index >= 15 is 0 Å². The van der Waals surface area contributed by atoms with Crippen LogP contribution < -0.4 is 5.32 Å². The van der Waals surface area contributed by atoms with Crippen LogP contribution in [-0.2, 0) is 20.7 Å². The van der Waals surface area contributed by atoms with Crippen LogP contribution in [0, 0.1) is 5.82 Å². The van der Waals surface area contributed by atoms with Gasteiger partial charge in [-0.25, -0.2) is 14.2 Å². The van der Waals surface area contributed by atoms with E-state index in [2.05, 4.69) is 15.0 Å². The molecule has 184 valence electrons. The zero-order chi connectivity index (χ0) is 25.5. The maximum atomic E-state index is 13.4. The fourth-order valence-electron chi connectivity index (χ4n) is 3.60. The molecule has 2 amide bonds. The minimum Gasteiger partial charge on any atom is -0.465 e. The number of methoxy groups -OCH3 is 1. The first-order valence-corrected chi connectivity index (χ1v) is 12.2. The molecule has 4 rings (SSSR count). The lowest BCUT2D eigenvalue weighted by molar-refractivity contribution is -0.129. The van der Waals surface area contributed by atoms with Gasteiger partial charge in [0.05, 0.1) is 18.4 Å². The fraction of sp³-hybridized carbons (Fsp3) is 0.185. The standard InChI is InChI=1S/C27H24FN3O4S/c1-35-26(34)19-7-11-21(12-8-19)29-25(33)23-17-24(32)31(16-15-18-5-3-2-4-6-18)27(36-23)30-22-13-9-20(28)10-14-22/h2-14,23H,15-17H2,1H3,(H,29,33)/t23-/m0/s1. The molecule has 0 unspecified atom stereocenters. The molecule has 36 heavy (non-hydrogen) atoms. The molecule has 1 atom stereocenters. The number of hydrogen-bond donors (Lipinski definition) is 1. The van der Waals surface area contributed by atoms with Crippen molar-refractivity contribution in [2.24, 2.45) is 4.99 Å². The zero-order valence-corrected chi connectivity index (χ0v) is 20.3. The van der Waals surface area contributed by atoms with Crippen molar-refractivity contribution in [2.75, 3.05) is 19.0 Å². The van der Waals surface area contributed by atoms with E-state index in [1.807, 2.05) is 30.3 Å². The van der Waals surface area contributed by atoms with Crippen LogP contribution in [0.1, 0.15) is 22.3 Å². The molecule has 7 nitrogen and oxygen atoms in total. The van der Waals surface area contributed by atoms with Gasteiger partial charge in [0.2, 0.25) is 11.8 Å². The van der Waals surface area contributed by atoms with E-state index < -0.39 is 11.2 Å². The van der Waals surface area contributed by atoms with Gasteiger partial charge >= 0.3 is 5.97 Å². The van der Waals surface area contributed by atoms with Crippen LogP contribution in [-0.4, -0.2) is 46.8 Å². The summed E-state index contributed by atoms with van der Waals surface area (Å²) in [7, 11) is 1.30. The van der Waals surface area contributed by atoms with Gasteiger partial charge in [-0.05, 0) is 60.5 Å². The van der Waals surface area contributed by atoms with Crippen molar-refractivity contribution >= 4 is 46.1 Å². The minimum absolute atomic E-state index is 0.00791. The summed E-state index contributed by atoms with van der Waals surface area (Å²) in [5, 5.41) is 2.47. The van der Waals surface area contributed by atoms with Crippen molar-refractivity contribution in [3.05, 3.63) is 95.8 Å². The molecule has 0 aliphatic carbocycles. The largest absolute Gasteiger partial charge is 0.465 e. The van der Waals surface area contributed by atoms with Crippen molar-refractivity contribution in [3.8, 4) is 0 Å². The average molecular weight is 506 g/mol. The van der Waals surface area contributed by atoms with Gasteiger partial charge in [0.1, 0.15) is 11.1 Å². The van der Waals surface area contributed by atoms with Gasteiger partial charge in [-0.3, -0.25) is 14.5 Å². The number of esters is 1. The van der Waals surface area contributed by atoms with E-state index in [9.17, 15) is 18.8 Å². The molecule has 3 aromatic rings. The van der Waals surface area contributed by atoms with Gasteiger partial charge in [0, 0.05) is 18.7 Å². The van der Waals surface area contributed by atoms with E-state index in [1.165, 1.54) is 43.1 Å². The van der Waals surface area contributed by atoms with E-state index in [1.54, 1.807) is 29.2 Å². The molecule has 1 aliphatic heterocycles. The first-order chi connectivity index (χ1) is 17.4. The Morgan fingerprint density at radius 3 is 2.42 bits per heavy atom. The number of thioether (sulfide) groups is 1. The summed E-state index contributed by atoms with van der Waals surface area (Å²) in [5.74, 6) is -1.43. The van der Waals surface area contributed by atoms with Gasteiger partial charge in [-0.1, -0.05) is 42.1 Å². The SMILES string of the molecule is COC(=O)c1ccc(NC(=O)[C@@H]2CC(=O)N(CCc3ccccc3)C(=Nc3ccc(F)cc3)S2)cc1. The molecule has 1 heterocycles. The predicted octanol–water partition coefficient (Wildman–Crippen LogP) is 4.82. The Kier molecular flexibility index (Phi) is 8.12. The number of benzene rings is 3. The summed E-state index contributed by atoms with van der Waals surface area (Å²) in [6.07, 6.45) is 0.632. The quantitative estimate of drug-likeness (QED) is 0.466. The maximum absolute atomic E-state index is 13.4. The highest BCUT2D eigenvalue weighted by atomic mass is 32.2. The topological polar surface area (TPSA) is 88.1 Å². The Morgan fingerprint density at radius 2 is 1.75 bits per heavy atom. The molecule has 0 radical (unpaired) electrons. The highest BCUT2D eigenvalue weighted by Gasteiger charge is 2.35. The number of ether oxygens (including phenoxy) is 1. The van der Waals surface area contributed by atoms with Gasteiger partial charge < -0.3 is 10.1 Å². The number of amidine groups is 1. The highest BCUT2D eigenvalue weighted by Crippen LogP contribution is 2.30. The van der Waals surface area contributed by atoms with Crippen LogP contribution in [0.15, 0.2) is 83.9 Å². The Bertz CT molecular complexity index is 1260. The summed E-state index contributed by atoms with van der Waals surface area (Å²) >= 11 is 1.19. The summed E-state index contributed by atoms with van der Waals surface area (Å²) < 4.78 is 18.1. The lowest BCUT2D eigenvalue weighted by Crippen LogP contribution is -2.46. The maximum Gasteiger partial charge on any atom is 0.337 e. The summed E-state index contributed by atoms with van der Waals surface area (Å²) in [6, 6.07) is 21.7. The van der Waals surface area contributed by atoms with Gasteiger partial charge in [0.15, 0.2) is 5.17 Å². The van der Waals surface area contributed by atoms with E-state index in [0.29, 0.717) is 35.1 Å². The van der Waals surface area contributed by atoms with E-state index in [-0.39, 0.29) is 24.1 Å². The number of halogens is 1. The Hall–Kier alpha value is -3.98. The van der Waals surface area contributed by atoms with E-state index in [4.69, 9.17) is 0 Å². The van der Waals surface area contributed by atoms with Gasteiger partial charge in [-0.15, -0.1) is 0 Å². The first-order valence-electron chi connectivity index (χ1n) is 11.3. The molecular formula is C27H24FN3O4S. The lowest BCUT2D eigenvalue weighted by Gasteiger charge is -2.32. The van der Waals surface area contributed by atoms with Crippen LogP contribution >= 0.6 is 11.8 Å². The minimum atomic E-state index is -0.704. The zero-order valence-electron chi connectivity index (χ0n) is 19.5. The Balaban J connectivity index is 1.51.